The van der Waals surface area contributed by atoms with E-state index in [0.717, 1.165) is 0 Å². The molecule has 0 aliphatic rings. The minimum absolute atomic E-state index is 0.0405. The predicted octanol–water partition coefficient (Wildman–Crippen LogP) is -1.54. The fourth-order valence-electron chi connectivity index (χ4n) is 0.912. The van der Waals surface area contributed by atoms with E-state index in [1.54, 1.807) is 0 Å². The molecule has 0 rings (SSSR count). The van der Waals surface area contributed by atoms with Gasteiger partial charge in [-0.05, 0) is 0 Å². The topological polar surface area (TPSA) is 116 Å². The molecule has 7 nitrogen and oxygen atoms in total. The summed E-state index contributed by atoms with van der Waals surface area (Å²) in [5.41, 5.74) is 0. The Morgan fingerprint density at radius 2 is 1.81 bits per heavy atom. The van der Waals surface area contributed by atoms with Crippen molar-refractivity contribution in [2.75, 3.05) is 13.1 Å². The smallest absolute Gasteiger partial charge is 0.332 e. The molecule has 0 saturated carbocycles. The lowest BCUT2D eigenvalue weighted by molar-refractivity contribution is -0.147. The van der Waals surface area contributed by atoms with Crippen LogP contribution in [-0.2, 0) is 14.4 Å². The number of nitrogens with one attached hydrogen (secondary N) is 2. The van der Waals surface area contributed by atoms with Crippen LogP contribution in [0, 0.1) is 0 Å². The number of amides is 2. The number of carbonyl (C=O) groups excluding carboxylic acids is 2. The highest BCUT2D eigenvalue weighted by molar-refractivity contribution is 5.78. The molecule has 0 aromatic rings. The van der Waals surface area contributed by atoms with Crippen molar-refractivity contribution in [1.82, 2.24) is 10.6 Å². The highest BCUT2D eigenvalue weighted by Gasteiger charge is 2.12. The van der Waals surface area contributed by atoms with E-state index < -0.39 is 12.1 Å². The van der Waals surface area contributed by atoms with E-state index in [0.29, 0.717) is 0 Å². The van der Waals surface area contributed by atoms with Crippen LogP contribution in [0.5, 0.6) is 0 Å². The number of carboxylic acids is 1. The Bertz CT molecular complexity index is 267. The molecule has 0 fully saturated rings. The van der Waals surface area contributed by atoms with Gasteiger partial charge in [0.05, 0.1) is 0 Å². The van der Waals surface area contributed by atoms with Gasteiger partial charge in [-0.15, -0.1) is 0 Å². The van der Waals surface area contributed by atoms with E-state index in [2.05, 4.69) is 10.6 Å². The molecule has 2 amide bonds. The molecule has 0 aliphatic heterocycles. The molecule has 0 saturated heterocycles. The Kier molecular flexibility index (Phi) is 6.86. The molecular weight excluding hydrogens is 216 g/mol. The van der Waals surface area contributed by atoms with Gasteiger partial charge in [0.15, 0.2) is 6.10 Å². The van der Waals surface area contributed by atoms with Gasteiger partial charge in [-0.1, -0.05) is 0 Å². The normalized spacial score (nSPS) is 11.6. The summed E-state index contributed by atoms with van der Waals surface area (Å²) < 4.78 is 0. The number of aliphatic hydroxyl groups excluding tert-OH is 1. The maximum absolute atomic E-state index is 11.1. The third kappa shape index (κ3) is 7.74. The maximum Gasteiger partial charge on any atom is 0.332 e. The van der Waals surface area contributed by atoms with Gasteiger partial charge < -0.3 is 20.8 Å². The lowest BCUT2D eigenvalue weighted by Crippen LogP contribution is -2.32. The zero-order valence-corrected chi connectivity index (χ0v) is 9.02. The van der Waals surface area contributed by atoms with Crippen LogP contribution in [0.3, 0.4) is 0 Å². The third-order valence-corrected chi connectivity index (χ3v) is 1.75. The quantitative estimate of drug-likeness (QED) is 0.425. The highest BCUT2D eigenvalue weighted by Crippen LogP contribution is 1.89. The molecule has 0 bridgehead atoms. The van der Waals surface area contributed by atoms with E-state index in [9.17, 15) is 14.4 Å². The van der Waals surface area contributed by atoms with Gasteiger partial charge in [0.1, 0.15) is 0 Å². The number of hydrogen-bond acceptors (Lipinski definition) is 4. The van der Waals surface area contributed by atoms with Gasteiger partial charge in [-0.25, -0.2) is 4.79 Å². The summed E-state index contributed by atoms with van der Waals surface area (Å²) in [6, 6.07) is 0. The van der Waals surface area contributed by atoms with Crippen LogP contribution in [0.1, 0.15) is 19.8 Å². The van der Waals surface area contributed by atoms with Gasteiger partial charge in [0, 0.05) is 32.9 Å². The fraction of sp³-hybridized carbons (Fsp3) is 0.667. The SMILES string of the molecule is CC(=O)NCCC(=O)NCCC(O)C(=O)O. The number of hydrogen-bond donors (Lipinski definition) is 4. The van der Waals surface area contributed by atoms with Gasteiger partial charge in [-0.2, -0.15) is 0 Å². The molecule has 0 heterocycles. The summed E-state index contributed by atoms with van der Waals surface area (Å²) in [6.45, 7) is 1.68. The minimum atomic E-state index is -1.46. The van der Waals surface area contributed by atoms with E-state index in [-0.39, 0.29) is 37.7 Å². The van der Waals surface area contributed by atoms with E-state index in [1.165, 1.54) is 6.92 Å². The largest absolute Gasteiger partial charge is 0.479 e. The first kappa shape index (κ1) is 14.4. The monoisotopic (exact) mass is 232 g/mol. The van der Waals surface area contributed by atoms with Crippen LogP contribution in [0.25, 0.3) is 0 Å². The number of aliphatic hydroxyl groups is 1. The Morgan fingerprint density at radius 3 is 2.31 bits per heavy atom. The molecule has 16 heavy (non-hydrogen) atoms. The molecular formula is C9H16N2O5. The van der Waals surface area contributed by atoms with Crippen LogP contribution >= 0.6 is 0 Å². The summed E-state index contributed by atoms with van der Waals surface area (Å²) >= 11 is 0. The fourth-order valence-corrected chi connectivity index (χ4v) is 0.912. The highest BCUT2D eigenvalue weighted by atomic mass is 16.4. The van der Waals surface area contributed by atoms with Crippen molar-refractivity contribution in [2.24, 2.45) is 0 Å². The standard InChI is InChI=1S/C9H16N2O5/c1-6(12)10-5-3-8(14)11-4-2-7(13)9(15)16/h7,13H,2-5H2,1H3,(H,10,12)(H,11,14)(H,15,16). The average molecular weight is 232 g/mol. The van der Waals surface area contributed by atoms with Gasteiger partial charge >= 0.3 is 5.97 Å². The summed E-state index contributed by atoms with van der Waals surface area (Å²) in [5, 5.41) is 22.1. The first-order chi connectivity index (χ1) is 7.43. The van der Waals surface area contributed by atoms with Crippen molar-refractivity contribution in [3.63, 3.8) is 0 Å². The average Bonchev–Trinajstić information content (AvgIpc) is 2.16. The maximum atomic E-state index is 11.1. The first-order valence-electron chi connectivity index (χ1n) is 4.85. The molecule has 4 N–H and O–H groups in total. The Balaban J connectivity index is 3.51. The van der Waals surface area contributed by atoms with Gasteiger partial charge in [0.2, 0.25) is 11.8 Å². The number of carbonyl (C=O) groups is 3. The lowest BCUT2D eigenvalue weighted by atomic mass is 10.2. The van der Waals surface area contributed by atoms with Crippen molar-refractivity contribution in [3.8, 4) is 0 Å². The molecule has 0 aromatic heterocycles. The summed E-state index contributed by atoms with van der Waals surface area (Å²) in [7, 11) is 0. The summed E-state index contributed by atoms with van der Waals surface area (Å²) in [6.07, 6.45) is -1.38. The predicted molar refractivity (Wildman–Crippen MR) is 54.6 cm³/mol. The molecule has 0 spiro atoms. The Hall–Kier alpha value is -1.63. The van der Waals surface area contributed by atoms with Crippen LogP contribution in [0.2, 0.25) is 0 Å². The van der Waals surface area contributed by atoms with E-state index in [4.69, 9.17) is 10.2 Å². The first-order valence-corrected chi connectivity index (χ1v) is 4.85. The third-order valence-electron chi connectivity index (χ3n) is 1.75. The van der Waals surface area contributed by atoms with Gasteiger partial charge in [0.25, 0.3) is 0 Å². The van der Waals surface area contributed by atoms with Crippen LogP contribution < -0.4 is 10.6 Å². The lowest BCUT2D eigenvalue weighted by Gasteiger charge is -2.07. The molecule has 0 radical (unpaired) electrons. The van der Waals surface area contributed by atoms with Crippen molar-refractivity contribution >= 4 is 17.8 Å². The number of rotatable bonds is 7. The Labute approximate surface area is 92.8 Å². The van der Waals surface area contributed by atoms with E-state index in [1.807, 2.05) is 0 Å². The molecule has 1 atom stereocenters. The molecule has 0 aromatic carbocycles. The number of aliphatic carboxylic acids is 1. The second-order valence-corrected chi connectivity index (χ2v) is 3.23. The van der Waals surface area contributed by atoms with Crippen LogP contribution in [0.4, 0.5) is 0 Å². The Morgan fingerprint density at radius 1 is 1.19 bits per heavy atom. The van der Waals surface area contributed by atoms with Gasteiger partial charge in [-0.3, -0.25) is 9.59 Å². The van der Waals surface area contributed by atoms with Crippen molar-refractivity contribution in [1.29, 1.82) is 0 Å². The zero-order chi connectivity index (χ0) is 12.6. The summed E-state index contributed by atoms with van der Waals surface area (Å²) in [4.78, 5) is 31.8. The summed E-state index contributed by atoms with van der Waals surface area (Å²) in [5.74, 6) is -1.83. The molecule has 92 valence electrons. The van der Waals surface area contributed by atoms with Crippen molar-refractivity contribution in [3.05, 3.63) is 0 Å². The number of carboxylic acid groups (broad SMARTS) is 1. The van der Waals surface area contributed by atoms with E-state index >= 15 is 0 Å². The minimum Gasteiger partial charge on any atom is -0.479 e. The van der Waals surface area contributed by atoms with Crippen LogP contribution in [-0.4, -0.2) is 47.2 Å². The second-order valence-electron chi connectivity index (χ2n) is 3.23. The molecule has 0 aliphatic carbocycles. The zero-order valence-electron chi connectivity index (χ0n) is 9.02. The van der Waals surface area contributed by atoms with Crippen molar-refractivity contribution in [2.45, 2.75) is 25.9 Å². The van der Waals surface area contributed by atoms with Crippen LogP contribution in [0.15, 0.2) is 0 Å². The molecule has 1 unspecified atom stereocenters. The van der Waals surface area contributed by atoms with Crippen molar-refractivity contribution < 1.29 is 24.6 Å². The second kappa shape index (κ2) is 7.63. The molecule has 7 heteroatoms.